The lowest BCUT2D eigenvalue weighted by Gasteiger charge is -2.14. The summed E-state index contributed by atoms with van der Waals surface area (Å²) in [6, 6.07) is 4.84. The van der Waals surface area contributed by atoms with Crippen LogP contribution in [0.15, 0.2) is 24.3 Å². The maximum atomic E-state index is 12.6. The normalized spacial score (nSPS) is 16.6. The molecule has 3 nitrogen and oxygen atoms in total. The summed E-state index contributed by atoms with van der Waals surface area (Å²) in [5, 5.41) is 2.59. The molecule has 0 unspecified atom stereocenters. The minimum atomic E-state index is -4.39. The number of hydrogen-bond acceptors (Lipinski definition) is 2. The molecule has 0 bridgehead atoms. The van der Waals surface area contributed by atoms with E-state index in [0.717, 1.165) is 12.1 Å². The van der Waals surface area contributed by atoms with E-state index < -0.39 is 17.2 Å². The van der Waals surface area contributed by atoms with E-state index in [2.05, 4.69) is 5.32 Å². The van der Waals surface area contributed by atoms with E-state index in [0.29, 0.717) is 18.4 Å². The average molecular weight is 302 g/mol. The van der Waals surface area contributed by atoms with Crippen molar-refractivity contribution < 1.29 is 18.0 Å². The molecule has 2 rings (SSSR count). The van der Waals surface area contributed by atoms with Gasteiger partial charge in [-0.1, -0.05) is 24.4 Å². The van der Waals surface area contributed by atoms with Crippen LogP contribution in [0.2, 0.25) is 0 Å². The number of amides is 1. The highest BCUT2D eigenvalue weighted by Gasteiger charge is 2.52. The number of hydrogen-bond donors (Lipinski definition) is 2. The van der Waals surface area contributed by atoms with Gasteiger partial charge in [0.05, 0.1) is 16.0 Å². The Bertz CT molecular complexity index is 553. The van der Waals surface area contributed by atoms with Gasteiger partial charge in [0.1, 0.15) is 0 Å². The fourth-order valence-corrected chi connectivity index (χ4v) is 2.22. The van der Waals surface area contributed by atoms with Crippen molar-refractivity contribution in [3.63, 3.8) is 0 Å². The lowest BCUT2D eigenvalue weighted by molar-refractivity contribution is -0.137. The monoisotopic (exact) mass is 302 g/mol. The zero-order chi connectivity index (χ0) is 15.0. The molecule has 3 N–H and O–H groups in total. The van der Waals surface area contributed by atoms with Crippen molar-refractivity contribution in [3.8, 4) is 0 Å². The molecular weight excluding hydrogens is 289 g/mol. The molecule has 1 saturated carbocycles. The smallest absolute Gasteiger partial charge is 0.392 e. The maximum absolute atomic E-state index is 12.6. The van der Waals surface area contributed by atoms with E-state index in [9.17, 15) is 18.0 Å². The first-order valence-corrected chi connectivity index (χ1v) is 6.41. The molecule has 1 aromatic carbocycles. The maximum Gasteiger partial charge on any atom is 0.416 e. The van der Waals surface area contributed by atoms with Crippen LogP contribution in [0.1, 0.15) is 24.0 Å². The van der Waals surface area contributed by atoms with E-state index in [1.807, 2.05) is 0 Å². The molecule has 0 aliphatic heterocycles. The first-order chi connectivity index (χ1) is 9.25. The number of halogens is 3. The zero-order valence-corrected chi connectivity index (χ0v) is 11.3. The summed E-state index contributed by atoms with van der Waals surface area (Å²) < 4.78 is 37.7. The zero-order valence-electron chi connectivity index (χ0n) is 10.5. The van der Waals surface area contributed by atoms with Crippen molar-refractivity contribution in [3.05, 3.63) is 35.4 Å². The fourth-order valence-electron chi connectivity index (χ4n) is 1.92. The van der Waals surface area contributed by atoms with Crippen molar-refractivity contribution in [2.24, 2.45) is 11.1 Å². The first-order valence-electron chi connectivity index (χ1n) is 6.00. The van der Waals surface area contributed by atoms with E-state index in [4.69, 9.17) is 18.0 Å². The molecule has 7 heteroatoms. The van der Waals surface area contributed by atoms with Crippen LogP contribution in [-0.2, 0) is 17.5 Å². The summed E-state index contributed by atoms with van der Waals surface area (Å²) in [6.07, 6.45) is -3.20. The second kappa shape index (κ2) is 5.05. The van der Waals surface area contributed by atoms with E-state index in [1.165, 1.54) is 12.1 Å². The van der Waals surface area contributed by atoms with Crippen LogP contribution in [-0.4, -0.2) is 10.9 Å². The first kappa shape index (κ1) is 14.8. The SMILES string of the molecule is NC(=S)C1(C(=O)NCc2cccc(C(F)(F)F)c2)CC1. The van der Waals surface area contributed by atoms with Gasteiger partial charge in [-0.15, -0.1) is 0 Å². The summed E-state index contributed by atoms with van der Waals surface area (Å²) in [6.45, 7) is 0.0209. The predicted molar refractivity (Wildman–Crippen MR) is 71.7 cm³/mol. The Balaban J connectivity index is 2.02. The molecule has 0 spiro atoms. The van der Waals surface area contributed by atoms with Crippen LogP contribution in [0.5, 0.6) is 0 Å². The summed E-state index contributed by atoms with van der Waals surface area (Å²) >= 11 is 4.84. The molecule has 0 radical (unpaired) electrons. The largest absolute Gasteiger partial charge is 0.416 e. The topological polar surface area (TPSA) is 55.1 Å². The molecule has 1 amide bonds. The number of carbonyl (C=O) groups is 1. The third kappa shape index (κ3) is 2.92. The second-order valence-electron chi connectivity index (χ2n) is 4.83. The van der Waals surface area contributed by atoms with Crippen LogP contribution in [0.25, 0.3) is 0 Å². The quantitative estimate of drug-likeness (QED) is 0.840. The molecule has 0 aromatic heterocycles. The number of nitrogens with one attached hydrogen (secondary N) is 1. The lowest BCUT2D eigenvalue weighted by atomic mass is 10.1. The number of rotatable bonds is 4. The molecule has 0 saturated heterocycles. The Morgan fingerprint density at radius 3 is 2.55 bits per heavy atom. The van der Waals surface area contributed by atoms with E-state index >= 15 is 0 Å². The highest BCUT2D eigenvalue weighted by Crippen LogP contribution is 2.46. The summed E-state index contributed by atoms with van der Waals surface area (Å²) in [5.74, 6) is -0.317. The Morgan fingerprint density at radius 2 is 2.05 bits per heavy atom. The molecule has 1 fully saturated rings. The van der Waals surface area contributed by atoms with Crippen LogP contribution >= 0.6 is 12.2 Å². The molecule has 1 aliphatic carbocycles. The number of nitrogens with two attached hydrogens (primary N) is 1. The van der Waals surface area contributed by atoms with Gasteiger partial charge in [0.25, 0.3) is 0 Å². The third-order valence-corrected chi connectivity index (χ3v) is 3.75. The van der Waals surface area contributed by atoms with Gasteiger partial charge >= 0.3 is 6.18 Å². The molecule has 0 atom stereocenters. The minimum absolute atomic E-state index is 0.0209. The van der Waals surface area contributed by atoms with Gasteiger partial charge in [0, 0.05) is 6.54 Å². The molecule has 0 heterocycles. The standard InChI is InChI=1S/C13H13F3N2OS/c14-13(15,16)9-3-1-2-8(6-9)7-18-11(19)12(4-5-12)10(17)20/h1-3,6H,4-5,7H2,(H2,17,20)(H,18,19). The Labute approximate surface area is 119 Å². The highest BCUT2D eigenvalue weighted by molar-refractivity contribution is 7.80. The van der Waals surface area contributed by atoms with Crippen molar-refractivity contribution in [1.29, 1.82) is 0 Å². The van der Waals surface area contributed by atoms with E-state index in [-0.39, 0.29) is 17.4 Å². The number of carbonyl (C=O) groups excluding carboxylic acids is 1. The van der Waals surface area contributed by atoms with Gasteiger partial charge in [-0.25, -0.2) is 0 Å². The number of alkyl halides is 3. The van der Waals surface area contributed by atoms with Gasteiger partial charge in [0.15, 0.2) is 0 Å². The molecule has 20 heavy (non-hydrogen) atoms. The molecular formula is C13H13F3N2OS. The van der Waals surface area contributed by atoms with Crippen molar-refractivity contribution >= 4 is 23.1 Å². The number of benzene rings is 1. The van der Waals surface area contributed by atoms with Crippen molar-refractivity contribution in [2.45, 2.75) is 25.6 Å². The molecule has 1 aromatic rings. The van der Waals surface area contributed by atoms with Gasteiger partial charge in [-0.2, -0.15) is 13.2 Å². The average Bonchev–Trinajstić information content (AvgIpc) is 3.16. The molecule has 1 aliphatic rings. The van der Waals surface area contributed by atoms with Crippen LogP contribution in [0.4, 0.5) is 13.2 Å². The minimum Gasteiger partial charge on any atom is -0.392 e. The lowest BCUT2D eigenvalue weighted by Crippen LogP contribution is -2.39. The predicted octanol–water partition coefficient (Wildman–Crippen LogP) is 2.39. The van der Waals surface area contributed by atoms with Gasteiger partial charge in [-0.3, -0.25) is 4.79 Å². The summed E-state index contributed by atoms with van der Waals surface area (Å²) in [4.78, 5) is 12.1. The van der Waals surface area contributed by atoms with Crippen molar-refractivity contribution in [2.75, 3.05) is 0 Å². The van der Waals surface area contributed by atoms with Crippen LogP contribution in [0, 0.1) is 5.41 Å². The number of thiocarbonyl (C=S) groups is 1. The Hall–Kier alpha value is -1.63. The summed E-state index contributed by atoms with van der Waals surface area (Å²) in [5.41, 5.74) is 4.36. The Kier molecular flexibility index (Phi) is 3.73. The van der Waals surface area contributed by atoms with Crippen LogP contribution < -0.4 is 11.1 Å². The van der Waals surface area contributed by atoms with E-state index in [1.54, 1.807) is 0 Å². The van der Waals surface area contributed by atoms with Gasteiger partial charge < -0.3 is 11.1 Å². The fraction of sp³-hybridized carbons (Fsp3) is 0.385. The van der Waals surface area contributed by atoms with Gasteiger partial charge in [0.2, 0.25) is 5.91 Å². The molecule has 108 valence electrons. The third-order valence-electron chi connectivity index (χ3n) is 3.36. The Morgan fingerprint density at radius 1 is 1.40 bits per heavy atom. The van der Waals surface area contributed by atoms with Crippen LogP contribution in [0.3, 0.4) is 0 Å². The van der Waals surface area contributed by atoms with Gasteiger partial charge in [-0.05, 0) is 30.5 Å². The highest BCUT2D eigenvalue weighted by atomic mass is 32.1. The second-order valence-corrected chi connectivity index (χ2v) is 5.27. The van der Waals surface area contributed by atoms with Crippen molar-refractivity contribution in [1.82, 2.24) is 5.32 Å². The summed E-state index contributed by atoms with van der Waals surface area (Å²) in [7, 11) is 0.